The minimum atomic E-state index is -3.41. The van der Waals surface area contributed by atoms with E-state index in [1.165, 1.54) is 12.1 Å². The van der Waals surface area contributed by atoms with Crippen molar-refractivity contribution < 1.29 is 8.42 Å². The molecular formula is C11H17N3O2S. The van der Waals surface area contributed by atoms with Crippen molar-refractivity contribution in [2.24, 2.45) is 11.3 Å². The molecule has 5 nitrogen and oxygen atoms in total. The highest BCUT2D eigenvalue weighted by Crippen LogP contribution is 2.45. The highest BCUT2D eigenvalue weighted by molar-refractivity contribution is 7.89. The molecule has 0 amide bonds. The highest BCUT2D eigenvalue weighted by atomic mass is 32.2. The predicted molar refractivity (Wildman–Crippen MR) is 66.8 cm³/mol. The third-order valence-corrected chi connectivity index (χ3v) is 4.63. The van der Waals surface area contributed by atoms with Crippen LogP contribution in [0.4, 0.5) is 5.69 Å². The van der Waals surface area contributed by atoms with Crippen LogP contribution in [-0.4, -0.2) is 14.5 Å². The lowest BCUT2D eigenvalue weighted by Gasteiger charge is -2.08. The minimum Gasteiger partial charge on any atom is -0.324 e. The maximum absolute atomic E-state index is 12.0. The molecule has 0 spiro atoms. The van der Waals surface area contributed by atoms with Crippen molar-refractivity contribution in [2.45, 2.75) is 31.2 Å². The summed E-state index contributed by atoms with van der Waals surface area (Å²) in [4.78, 5) is 0.263. The zero-order valence-corrected chi connectivity index (χ0v) is 10.7. The molecule has 94 valence electrons. The molecule has 0 saturated heterocycles. The Labute approximate surface area is 101 Å². The van der Waals surface area contributed by atoms with Crippen LogP contribution in [0.5, 0.6) is 0 Å². The molecule has 0 aliphatic heterocycles. The van der Waals surface area contributed by atoms with Gasteiger partial charge in [-0.1, -0.05) is 13.8 Å². The fourth-order valence-corrected chi connectivity index (χ4v) is 3.06. The second-order valence-electron chi connectivity index (χ2n) is 5.04. The van der Waals surface area contributed by atoms with Crippen molar-refractivity contribution in [1.29, 1.82) is 0 Å². The Balaban J connectivity index is 2.14. The molecule has 1 saturated carbocycles. The second-order valence-corrected chi connectivity index (χ2v) is 6.75. The molecule has 0 bridgehead atoms. The number of nitrogens with two attached hydrogens (primary N) is 1. The molecule has 0 aromatic heterocycles. The van der Waals surface area contributed by atoms with Gasteiger partial charge in [0, 0.05) is 11.7 Å². The maximum atomic E-state index is 12.0. The molecular weight excluding hydrogens is 238 g/mol. The van der Waals surface area contributed by atoms with Gasteiger partial charge >= 0.3 is 0 Å². The topological polar surface area (TPSA) is 84.2 Å². The Bertz CT molecular complexity index is 508. The molecule has 17 heavy (non-hydrogen) atoms. The molecule has 4 N–H and O–H groups in total. The van der Waals surface area contributed by atoms with Crippen molar-refractivity contribution in [3.63, 3.8) is 0 Å². The summed E-state index contributed by atoms with van der Waals surface area (Å²) in [6, 6.07) is 6.37. The third kappa shape index (κ3) is 2.59. The molecule has 1 aliphatic carbocycles. The van der Waals surface area contributed by atoms with E-state index in [-0.39, 0.29) is 16.4 Å². The monoisotopic (exact) mass is 255 g/mol. The first kappa shape index (κ1) is 12.3. The van der Waals surface area contributed by atoms with Crippen LogP contribution in [0, 0.1) is 5.41 Å². The lowest BCUT2D eigenvalue weighted by Crippen LogP contribution is -2.28. The number of benzene rings is 1. The van der Waals surface area contributed by atoms with Crippen LogP contribution in [-0.2, 0) is 10.0 Å². The van der Waals surface area contributed by atoms with E-state index in [2.05, 4.69) is 10.1 Å². The van der Waals surface area contributed by atoms with Crippen molar-refractivity contribution in [1.82, 2.24) is 4.72 Å². The van der Waals surface area contributed by atoms with Gasteiger partial charge in [0.25, 0.3) is 0 Å². The summed E-state index contributed by atoms with van der Waals surface area (Å²) in [5.41, 5.74) is 3.21. The first-order chi connectivity index (χ1) is 7.85. The van der Waals surface area contributed by atoms with E-state index in [1.54, 1.807) is 12.1 Å². The normalized spacial score (nSPS) is 22.2. The third-order valence-electron chi connectivity index (χ3n) is 3.14. The quantitative estimate of drug-likeness (QED) is 0.554. The molecule has 1 unspecified atom stereocenters. The van der Waals surface area contributed by atoms with E-state index in [4.69, 9.17) is 5.84 Å². The lowest BCUT2D eigenvalue weighted by atomic mass is 10.2. The number of hydrazine groups is 1. The van der Waals surface area contributed by atoms with Crippen LogP contribution in [0.1, 0.15) is 20.3 Å². The first-order valence-corrected chi connectivity index (χ1v) is 6.92. The summed E-state index contributed by atoms with van der Waals surface area (Å²) in [6.45, 7) is 4.09. The summed E-state index contributed by atoms with van der Waals surface area (Å²) in [6.07, 6.45) is 0.884. The summed E-state index contributed by atoms with van der Waals surface area (Å²) in [7, 11) is -3.41. The van der Waals surface area contributed by atoms with Crippen molar-refractivity contribution in [3.8, 4) is 0 Å². The highest BCUT2D eigenvalue weighted by Gasteiger charge is 2.47. The Kier molecular flexibility index (Phi) is 2.89. The second kappa shape index (κ2) is 3.97. The average Bonchev–Trinajstić information content (AvgIpc) is 2.85. The van der Waals surface area contributed by atoms with E-state index in [9.17, 15) is 8.42 Å². The van der Waals surface area contributed by atoms with Crippen molar-refractivity contribution >= 4 is 15.7 Å². The summed E-state index contributed by atoms with van der Waals surface area (Å²) < 4.78 is 26.7. The van der Waals surface area contributed by atoms with Gasteiger partial charge in [-0.05, 0) is 36.1 Å². The molecule has 2 rings (SSSR count). The number of anilines is 1. The Hall–Kier alpha value is -1.11. The van der Waals surface area contributed by atoms with E-state index in [1.807, 2.05) is 13.8 Å². The summed E-state index contributed by atoms with van der Waals surface area (Å²) in [5, 5.41) is 0. The number of hydrogen-bond acceptors (Lipinski definition) is 4. The molecule has 0 radical (unpaired) electrons. The van der Waals surface area contributed by atoms with Crippen LogP contribution in [0.25, 0.3) is 0 Å². The number of sulfonamides is 1. The van der Waals surface area contributed by atoms with Gasteiger partial charge in [-0.3, -0.25) is 5.84 Å². The maximum Gasteiger partial charge on any atom is 0.240 e. The van der Waals surface area contributed by atoms with Gasteiger partial charge in [0.2, 0.25) is 10.0 Å². The lowest BCUT2D eigenvalue weighted by molar-refractivity contribution is 0.555. The molecule has 0 heterocycles. The SMILES string of the molecule is CC1(C)CC1NS(=O)(=O)c1ccc(NN)cc1. The van der Waals surface area contributed by atoms with Crippen LogP contribution < -0.4 is 16.0 Å². The smallest absolute Gasteiger partial charge is 0.240 e. The Morgan fingerprint density at radius 1 is 1.29 bits per heavy atom. The number of rotatable bonds is 4. The van der Waals surface area contributed by atoms with Gasteiger partial charge in [-0.15, -0.1) is 0 Å². The molecule has 1 fully saturated rings. The van der Waals surface area contributed by atoms with Crippen LogP contribution in [0.15, 0.2) is 29.2 Å². The van der Waals surface area contributed by atoms with E-state index in [0.29, 0.717) is 5.69 Å². The fraction of sp³-hybridized carbons (Fsp3) is 0.455. The summed E-state index contributed by atoms with van der Waals surface area (Å²) >= 11 is 0. The number of hydrogen-bond donors (Lipinski definition) is 3. The average molecular weight is 255 g/mol. The van der Waals surface area contributed by atoms with Gasteiger partial charge < -0.3 is 5.43 Å². The minimum absolute atomic E-state index is 0.0415. The zero-order valence-electron chi connectivity index (χ0n) is 9.90. The summed E-state index contributed by atoms with van der Waals surface area (Å²) in [5.74, 6) is 5.22. The van der Waals surface area contributed by atoms with Gasteiger partial charge in [-0.25, -0.2) is 13.1 Å². The Morgan fingerprint density at radius 3 is 2.24 bits per heavy atom. The Morgan fingerprint density at radius 2 is 1.82 bits per heavy atom. The predicted octanol–water partition coefficient (Wildman–Crippen LogP) is 1.05. The van der Waals surface area contributed by atoms with Crippen molar-refractivity contribution in [2.75, 3.05) is 5.43 Å². The zero-order chi connectivity index (χ0) is 12.7. The van der Waals surface area contributed by atoms with E-state index in [0.717, 1.165) is 6.42 Å². The molecule has 1 aromatic rings. The molecule has 1 atom stereocenters. The molecule has 6 heteroatoms. The molecule has 1 aliphatic rings. The van der Waals surface area contributed by atoms with Gasteiger partial charge in [-0.2, -0.15) is 0 Å². The van der Waals surface area contributed by atoms with E-state index >= 15 is 0 Å². The first-order valence-electron chi connectivity index (χ1n) is 5.44. The number of nitrogens with one attached hydrogen (secondary N) is 2. The van der Waals surface area contributed by atoms with Crippen LogP contribution in [0.3, 0.4) is 0 Å². The number of nitrogen functional groups attached to an aromatic ring is 1. The fourth-order valence-electron chi connectivity index (χ4n) is 1.65. The molecule has 1 aromatic carbocycles. The van der Waals surface area contributed by atoms with Gasteiger partial charge in [0.05, 0.1) is 4.90 Å². The van der Waals surface area contributed by atoms with E-state index < -0.39 is 10.0 Å². The largest absolute Gasteiger partial charge is 0.324 e. The van der Waals surface area contributed by atoms with Gasteiger partial charge in [0.1, 0.15) is 0 Å². The van der Waals surface area contributed by atoms with Gasteiger partial charge in [0.15, 0.2) is 0 Å². The van der Waals surface area contributed by atoms with Crippen LogP contribution in [0.2, 0.25) is 0 Å². The standard InChI is InChI=1S/C11H17N3O2S/c1-11(2)7-10(11)14-17(15,16)9-5-3-8(13-12)4-6-9/h3-6,10,13-14H,7,12H2,1-2H3. The van der Waals surface area contributed by atoms with Crippen molar-refractivity contribution in [3.05, 3.63) is 24.3 Å². The van der Waals surface area contributed by atoms with Crippen LogP contribution >= 0.6 is 0 Å².